The summed E-state index contributed by atoms with van der Waals surface area (Å²) in [4.78, 5) is 0. The van der Waals surface area contributed by atoms with Gasteiger partial charge in [0.2, 0.25) is 0 Å². The quantitative estimate of drug-likeness (QED) is 0.665. The van der Waals surface area contributed by atoms with Gasteiger partial charge in [-0.3, -0.25) is 0 Å². The zero-order valence-electron chi connectivity index (χ0n) is 12.2. The van der Waals surface area contributed by atoms with E-state index in [4.69, 9.17) is 4.74 Å². The first-order valence-electron chi connectivity index (χ1n) is 6.67. The number of hydrogen-bond acceptors (Lipinski definition) is 3. The van der Waals surface area contributed by atoms with Crippen molar-refractivity contribution in [2.45, 2.75) is 20.4 Å². The normalized spacial score (nSPS) is 11.2. The van der Waals surface area contributed by atoms with Gasteiger partial charge in [-0.1, -0.05) is 48.0 Å². The van der Waals surface area contributed by atoms with Gasteiger partial charge in [-0.15, -0.1) is 0 Å². The first-order valence-corrected chi connectivity index (χ1v) is 6.67. The van der Waals surface area contributed by atoms with Crippen molar-refractivity contribution in [2.24, 2.45) is 5.10 Å². The molecule has 0 fully saturated rings. The Kier molecular flexibility index (Phi) is 4.77. The Morgan fingerprint density at radius 2 is 1.80 bits per heavy atom. The average Bonchev–Trinajstić information content (AvgIpc) is 2.48. The number of nitrogens with one attached hydrogen (secondary N) is 1. The molecular weight excluding hydrogens is 248 g/mol. The van der Waals surface area contributed by atoms with Crippen molar-refractivity contribution in [1.29, 1.82) is 0 Å². The van der Waals surface area contributed by atoms with E-state index in [1.165, 1.54) is 5.56 Å². The summed E-state index contributed by atoms with van der Waals surface area (Å²) in [6, 6.07) is 16.3. The molecule has 0 aliphatic rings. The summed E-state index contributed by atoms with van der Waals surface area (Å²) < 4.78 is 5.31. The van der Waals surface area contributed by atoms with Gasteiger partial charge in [0, 0.05) is 5.56 Å². The van der Waals surface area contributed by atoms with Crippen molar-refractivity contribution in [2.75, 3.05) is 7.11 Å². The molecule has 0 bridgehead atoms. The van der Waals surface area contributed by atoms with Crippen molar-refractivity contribution < 1.29 is 4.74 Å². The molecule has 0 spiro atoms. The molecule has 3 nitrogen and oxygen atoms in total. The standard InChI is InChI=1S/C17H20N2O/c1-13-8-10-15(11-9-13)14(2)19-18-12-16-6-4-5-7-17(16)20-3/h4-11,18H,12H2,1-3H3/b19-14-. The molecule has 0 atom stereocenters. The lowest BCUT2D eigenvalue weighted by atomic mass is 10.1. The maximum atomic E-state index is 5.31. The summed E-state index contributed by atoms with van der Waals surface area (Å²) in [7, 11) is 1.68. The van der Waals surface area contributed by atoms with Gasteiger partial charge in [-0.05, 0) is 25.5 Å². The van der Waals surface area contributed by atoms with E-state index in [0.717, 1.165) is 22.6 Å². The lowest BCUT2D eigenvalue weighted by molar-refractivity contribution is 0.408. The third kappa shape index (κ3) is 3.60. The van der Waals surface area contributed by atoms with Crippen LogP contribution in [0.1, 0.15) is 23.6 Å². The summed E-state index contributed by atoms with van der Waals surface area (Å²) in [6.07, 6.45) is 0. The van der Waals surface area contributed by atoms with Crippen molar-refractivity contribution in [3.63, 3.8) is 0 Å². The molecule has 0 unspecified atom stereocenters. The maximum absolute atomic E-state index is 5.31. The highest BCUT2D eigenvalue weighted by atomic mass is 16.5. The second-order valence-electron chi connectivity index (χ2n) is 4.71. The fourth-order valence-electron chi connectivity index (χ4n) is 1.95. The van der Waals surface area contributed by atoms with Crippen LogP contribution < -0.4 is 10.2 Å². The minimum atomic E-state index is 0.646. The van der Waals surface area contributed by atoms with E-state index in [1.807, 2.05) is 31.2 Å². The smallest absolute Gasteiger partial charge is 0.123 e. The second-order valence-corrected chi connectivity index (χ2v) is 4.71. The highest BCUT2D eigenvalue weighted by Gasteiger charge is 2.00. The van der Waals surface area contributed by atoms with Gasteiger partial charge < -0.3 is 10.2 Å². The zero-order valence-corrected chi connectivity index (χ0v) is 12.2. The van der Waals surface area contributed by atoms with E-state index < -0.39 is 0 Å². The first kappa shape index (κ1) is 14.1. The van der Waals surface area contributed by atoms with Gasteiger partial charge in [0.25, 0.3) is 0 Å². The molecule has 1 N–H and O–H groups in total. The summed E-state index contributed by atoms with van der Waals surface area (Å²) in [5, 5.41) is 4.41. The largest absolute Gasteiger partial charge is 0.496 e. The van der Waals surface area contributed by atoms with Crippen LogP contribution in [0.25, 0.3) is 0 Å². The van der Waals surface area contributed by atoms with Crippen molar-refractivity contribution in [3.8, 4) is 5.75 Å². The van der Waals surface area contributed by atoms with E-state index >= 15 is 0 Å². The lowest BCUT2D eigenvalue weighted by Gasteiger charge is -2.08. The van der Waals surface area contributed by atoms with E-state index in [0.29, 0.717) is 6.54 Å². The number of hydrogen-bond donors (Lipinski definition) is 1. The van der Waals surface area contributed by atoms with Gasteiger partial charge >= 0.3 is 0 Å². The van der Waals surface area contributed by atoms with Gasteiger partial charge in [-0.25, -0.2) is 0 Å². The average molecular weight is 268 g/mol. The molecule has 0 aromatic heterocycles. The Hall–Kier alpha value is -2.29. The molecular formula is C17H20N2O. The predicted octanol–water partition coefficient (Wildman–Crippen LogP) is 3.52. The monoisotopic (exact) mass is 268 g/mol. The second kappa shape index (κ2) is 6.75. The molecule has 0 heterocycles. The molecule has 0 saturated carbocycles. The molecule has 2 aromatic rings. The van der Waals surface area contributed by atoms with Crippen molar-refractivity contribution in [3.05, 3.63) is 65.2 Å². The molecule has 20 heavy (non-hydrogen) atoms. The minimum Gasteiger partial charge on any atom is -0.496 e. The number of aryl methyl sites for hydroxylation is 1. The van der Waals surface area contributed by atoms with Crippen LogP contribution in [0.4, 0.5) is 0 Å². The van der Waals surface area contributed by atoms with Crippen molar-refractivity contribution in [1.82, 2.24) is 5.43 Å². The fraction of sp³-hybridized carbons (Fsp3) is 0.235. The van der Waals surface area contributed by atoms with Crippen LogP contribution in [0.15, 0.2) is 53.6 Å². The molecule has 2 rings (SSSR count). The van der Waals surface area contributed by atoms with Gasteiger partial charge in [0.05, 0.1) is 19.4 Å². The summed E-state index contributed by atoms with van der Waals surface area (Å²) in [5.41, 5.74) is 7.54. The maximum Gasteiger partial charge on any atom is 0.123 e. The first-order chi connectivity index (χ1) is 9.70. The lowest BCUT2D eigenvalue weighted by Crippen LogP contribution is -2.10. The highest BCUT2D eigenvalue weighted by molar-refractivity contribution is 5.98. The Morgan fingerprint density at radius 1 is 1.10 bits per heavy atom. The number of hydrazone groups is 1. The summed E-state index contributed by atoms with van der Waals surface area (Å²) >= 11 is 0. The number of para-hydroxylation sites is 1. The van der Waals surface area contributed by atoms with Crippen LogP contribution in [0, 0.1) is 6.92 Å². The predicted molar refractivity (Wildman–Crippen MR) is 83.2 cm³/mol. The van der Waals surface area contributed by atoms with Gasteiger partial charge in [-0.2, -0.15) is 5.10 Å². The molecule has 104 valence electrons. The van der Waals surface area contributed by atoms with Crippen LogP contribution >= 0.6 is 0 Å². The fourth-order valence-corrected chi connectivity index (χ4v) is 1.95. The van der Waals surface area contributed by atoms with Crippen LogP contribution in [0.2, 0.25) is 0 Å². The molecule has 0 saturated heterocycles. The Labute approximate surface area is 120 Å². The number of rotatable bonds is 5. The van der Waals surface area contributed by atoms with Crippen molar-refractivity contribution >= 4 is 5.71 Å². The summed E-state index contributed by atoms with van der Waals surface area (Å²) in [6.45, 7) is 4.73. The van der Waals surface area contributed by atoms with E-state index in [1.54, 1.807) is 7.11 Å². The third-order valence-electron chi connectivity index (χ3n) is 3.18. The van der Waals surface area contributed by atoms with Crippen LogP contribution in [0.3, 0.4) is 0 Å². The Bertz CT molecular complexity index is 588. The van der Waals surface area contributed by atoms with E-state index in [-0.39, 0.29) is 0 Å². The Morgan fingerprint density at radius 3 is 2.50 bits per heavy atom. The highest BCUT2D eigenvalue weighted by Crippen LogP contribution is 2.16. The van der Waals surface area contributed by atoms with Crippen LogP contribution in [-0.2, 0) is 6.54 Å². The van der Waals surface area contributed by atoms with Crippen LogP contribution in [0.5, 0.6) is 5.75 Å². The molecule has 0 aliphatic heterocycles. The third-order valence-corrected chi connectivity index (χ3v) is 3.18. The zero-order chi connectivity index (χ0) is 14.4. The molecule has 0 amide bonds. The SMILES string of the molecule is COc1ccccc1CN/N=C(/C)c1ccc(C)cc1. The molecule has 0 aliphatic carbocycles. The summed E-state index contributed by atoms with van der Waals surface area (Å²) in [5.74, 6) is 0.878. The Balaban J connectivity index is 2.00. The number of benzene rings is 2. The van der Waals surface area contributed by atoms with Gasteiger partial charge in [0.1, 0.15) is 5.75 Å². The van der Waals surface area contributed by atoms with E-state index in [2.05, 4.69) is 41.7 Å². The number of nitrogens with zero attached hydrogens (tertiary/aromatic N) is 1. The molecule has 2 aromatic carbocycles. The van der Waals surface area contributed by atoms with Crippen LogP contribution in [-0.4, -0.2) is 12.8 Å². The number of ether oxygens (including phenoxy) is 1. The van der Waals surface area contributed by atoms with E-state index in [9.17, 15) is 0 Å². The molecule has 3 heteroatoms. The minimum absolute atomic E-state index is 0.646. The van der Waals surface area contributed by atoms with Gasteiger partial charge in [0.15, 0.2) is 0 Å². The molecule has 0 radical (unpaired) electrons. The topological polar surface area (TPSA) is 33.6 Å². The number of methoxy groups -OCH3 is 1.